The molecule has 0 N–H and O–H groups in total. The summed E-state index contributed by atoms with van der Waals surface area (Å²) in [6.45, 7) is 10.0. The van der Waals surface area contributed by atoms with Gasteiger partial charge in [-0.25, -0.2) is 0 Å². The van der Waals surface area contributed by atoms with Crippen LogP contribution >= 0.6 is 0 Å². The topological polar surface area (TPSA) is 0 Å². The van der Waals surface area contributed by atoms with Crippen molar-refractivity contribution in [3.05, 3.63) is 81.9 Å². The van der Waals surface area contributed by atoms with Gasteiger partial charge in [0.15, 0.2) is 0 Å². The number of allylic oxidation sites excluding steroid dienone is 2. The van der Waals surface area contributed by atoms with E-state index in [0.717, 1.165) is 7.25 Å². The molecule has 0 bridgehead atoms. The molecular weight excluding hydrogens is 591 g/mol. The predicted molar refractivity (Wildman–Crippen MR) is 123 cm³/mol. The molecule has 2 aliphatic carbocycles. The van der Waals surface area contributed by atoms with Gasteiger partial charge in [-0.1, -0.05) is 0 Å². The van der Waals surface area contributed by atoms with Crippen LogP contribution in [0, 0.1) is 0 Å². The summed E-state index contributed by atoms with van der Waals surface area (Å²) in [6, 6.07) is 18.7. The van der Waals surface area contributed by atoms with E-state index in [4.69, 9.17) is 0 Å². The van der Waals surface area contributed by atoms with E-state index in [-0.39, 0.29) is 34.0 Å². The number of rotatable bonds is 7. The van der Waals surface area contributed by atoms with Crippen LogP contribution in [0.2, 0.25) is 13.1 Å². The van der Waals surface area contributed by atoms with Crippen molar-refractivity contribution in [3.63, 3.8) is 0 Å². The fraction of sp³-hybridized carbons (Fsp3) is 0.385. The molecule has 159 valence electrons. The van der Waals surface area contributed by atoms with Crippen molar-refractivity contribution in [2.75, 3.05) is 0 Å². The molecule has 0 saturated heterocycles. The largest absolute Gasteiger partial charge is 1.00 e. The van der Waals surface area contributed by atoms with Crippen molar-refractivity contribution < 1.29 is 54.9 Å². The molecule has 2 aromatic rings. The maximum absolute atomic E-state index is 2.67. The summed E-state index contributed by atoms with van der Waals surface area (Å²) >= 11 is -1.82. The Bertz CT molecular complexity index is 847. The number of hydrogen-bond donors (Lipinski definition) is 0. The quantitative estimate of drug-likeness (QED) is 0.410. The third-order valence-electron chi connectivity index (χ3n) is 6.45. The van der Waals surface area contributed by atoms with Crippen LogP contribution in [-0.2, 0) is 20.9 Å². The normalized spacial score (nSPS) is 18.7. The minimum atomic E-state index is -1.82. The van der Waals surface area contributed by atoms with Crippen LogP contribution in [0.3, 0.4) is 0 Å². The minimum Gasteiger partial charge on any atom is -1.00 e. The van der Waals surface area contributed by atoms with Gasteiger partial charge in [0.05, 0.1) is 0 Å². The Morgan fingerprint density at radius 1 is 0.700 bits per heavy atom. The van der Waals surface area contributed by atoms with Crippen LogP contribution in [0.5, 0.6) is 0 Å². The smallest absolute Gasteiger partial charge is 1.00 e. The number of hydrogen-bond acceptors (Lipinski definition) is 0. The molecular formula is C26H33Br2SiZr. The average Bonchev–Trinajstić information content (AvgIpc) is 3.22. The maximum Gasteiger partial charge on any atom is -1.00 e. The summed E-state index contributed by atoms with van der Waals surface area (Å²) in [7, 11) is 0. The average molecular weight is 625 g/mol. The van der Waals surface area contributed by atoms with Crippen LogP contribution in [0.4, 0.5) is 0 Å². The van der Waals surface area contributed by atoms with Crippen LogP contribution in [0.15, 0.2) is 59.7 Å². The first kappa shape index (κ1) is 26.2. The molecule has 2 unspecified atom stereocenters. The summed E-state index contributed by atoms with van der Waals surface area (Å²) < 4.78 is 1.61. The fourth-order valence-corrected chi connectivity index (χ4v) is 28.3. The third-order valence-corrected chi connectivity index (χ3v) is 28.2. The molecule has 0 fully saturated rings. The molecule has 0 aromatic heterocycles. The van der Waals surface area contributed by atoms with E-state index in [2.05, 4.69) is 87.6 Å². The Hall–Kier alpha value is -0.0200. The Morgan fingerprint density at radius 3 is 1.47 bits per heavy atom. The van der Waals surface area contributed by atoms with E-state index in [9.17, 15) is 0 Å². The zero-order valence-electron chi connectivity index (χ0n) is 18.6. The first-order chi connectivity index (χ1) is 13.7. The second-order valence-electron chi connectivity index (χ2n) is 8.72. The molecule has 2 atom stereocenters. The summed E-state index contributed by atoms with van der Waals surface area (Å²) in [5.41, 5.74) is 9.97. The molecule has 0 amide bonds. The number of halogens is 2. The molecule has 0 radical (unpaired) electrons. The minimum absolute atomic E-state index is 0. The predicted octanol–water partition coefficient (Wildman–Crippen LogP) is 1.47. The fourth-order valence-electron chi connectivity index (χ4n) is 5.41. The van der Waals surface area contributed by atoms with Crippen molar-refractivity contribution >= 4 is 18.1 Å². The summed E-state index contributed by atoms with van der Waals surface area (Å²) in [5.74, 6) is -0.721. The summed E-state index contributed by atoms with van der Waals surface area (Å²) in [6.07, 6.45) is 10.3. The Labute approximate surface area is 213 Å². The van der Waals surface area contributed by atoms with Crippen molar-refractivity contribution in [3.8, 4) is 0 Å². The molecule has 30 heavy (non-hydrogen) atoms. The summed E-state index contributed by atoms with van der Waals surface area (Å²) in [4.78, 5) is 0. The first-order valence-electron chi connectivity index (χ1n) is 11.1. The van der Waals surface area contributed by atoms with Gasteiger partial charge in [0.1, 0.15) is 0 Å². The van der Waals surface area contributed by atoms with Gasteiger partial charge in [-0.05, 0) is 0 Å². The molecule has 0 nitrogen and oxygen atoms in total. The Morgan fingerprint density at radius 2 is 1.10 bits per heavy atom. The van der Waals surface area contributed by atoms with E-state index in [1.165, 1.54) is 36.8 Å². The Kier molecular flexibility index (Phi) is 10.3. The van der Waals surface area contributed by atoms with E-state index in [0.29, 0.717) is 0 Å². The molecule has 2 aliphatic rings. The monoisotopic (exact) mass is 621 g/mol. The van der Waals surface area contributed by atoms with Gasteiger partial charge < -0.3 is 34.0 Å². The van der Waals surface area contributed by atoms with E-state index >= 15 is 0 Å². The first-order valence-corrected chi connectivity index (χ1v) is 21.1. The van der Waals surface area contributed by atoms with Gasteiger partial charge in [-0.3, -0.25) is 0 Å². The summed E-state index contributed by atoms with van der Waals surface area (Å²) in [5, 5.41) is 0. The molecule has 2 aromatic carbocycles. The van der Waals surface area contributed by atoms with Gasteiger partial charge in [0.25, 0.3) is 0 Å². The van der Waals surface area contributed by atoms with E-state index in [1.54, 1.807) is 22.3 Å². The zero-order valence-corrected chi connectivity index (χ0v) is 25.4. The van der Waals surface area contributed by atoms with Gasteiger partial charge in [0.2, 0.25) is 0 Å². The molecule has 0 saturated carbocycles. The maximum atomic E-state index is 2.67. The van der Waals surface area contributed by atoms with E-state index in [1.807, 2.05) is 0 Å². The van der Waals surface area contributed by atoms with Gasteiger partial charge in [-0.15, -0.1) is 0 Å². The van der Waals surface area contributed by atoms with E-state index < -0.39 is 26.8 Å². The van der Waals surface area contributed by atoms with Crippen molar-refractivity contribution in [2.24, 2.45) is 0 Å². The van der Waals surface area contributed by atoms with Gasteiger partial charge >= 0.3 is 181 Å². The van der Waals surface area contributed by atoms with Crippen molar-refractivity contribution in [1.82, 2.24) is 0 Å². The second kappa shape index (κ2) is 11.7. The number of benzene rings is 2. The standard InChI is InChI=1S/2C12H13.C2H7Si.2BrH.Zr/c2*1-2-5-10-8-11-6-3-4-7-12(11)9-10;1-3-2;;;/h2*3-4,6-9H,2,5H2,1H3;3H,1-2H3;2*1H;/q;;;;;+2/p-2. The molecule has 0 aliphatic heterocycles. The van der Waals surface area contributed by atoms with Crippen LogP contribution in [0.25, 0.3) is 12.2 Å². The van der Waals surface area contributed by atoms with Crippen molar-refractivity contribution in [1.29, 1.82) is 0 Å². The zero-order chi connectivity index (χ0) is 19.7. The number of fused-ring (bicyclic) bond motifs is 2. The molecule has 4 rings (SSSR count). The SMILES string of the molecule is CCCC1=Cc2ccccc2[CH]1[Zr+2]([CH]1C(CCC)=Cc2ccccc21)[SiH](C)C.[Br-].[Br-]. The second-order valence-corrected chi connectivity index (χ2v) is 28.8. The molecule has 4 heteroatoms. The van der Waals surface area contributed by atoms with Crippen LogP contribution in [-0.4, -0.2) is 5.92 Å². The van der Waals surface area contributed by atoms with Gasteiger partial charge in [0, 0.05) is 0 Å². The van der Waals surface area contributed by atoms with Crippen LogP contribution < -0.4 is 34.0 Å². The van der Waals surface area contributed by atoms with Gasteiger partial charge in [-0.2, -0.15) is 0 Å². The molecule has 0 spiro atoms. The van der Waals surface area contributed by atoms with Crippen molar-refractivity contribution in [2.45, 2.75) is 59.9 Å². The molecule has 0 heterocycles. The van der Waals surface area contributed by atoms with Crippen LogP contribution in [0.1, 0.15) is 69.0 Å². The third kappa shape index (κ3) is 4.98. The Balaban J connectivity index is 0.00000160.